The number of methoxy groups -OCH3 is 1. The number of ether oxygens (including phenoxy) is 2. The van der Waals surface area contributed by atoms with E-state index in [4.69, 9.17) is 13.9 Å². The number of rotatable bonds is 7. The molecule has 1 atom stereocenters. The summed E-state index contributed by atoms with van der Waals surface area (Å²) in [5.74, 6) is 0.672. The maximum Gasteiger partial charge on any atom is 0.290 e. The highest BCUT2D eigenvalue weighted by molar-refractivity contribution is 5.91. The topological polar surface area (TPSA) is 73.6 Å². The molecule has 25 heavy (non-hydrogen) atoms. The quantitative estimate of drug-likeness (QED) is 0.713. The van der Waals surface area contributed by atoms with Crippen LogP contribution in [-0.2, 0) is 4.74 Å². The molecule has 1 amide bonds. The number of para-hydroxylation sites is 1. The molecule has 0 aliphatic rings. The highest BCUT2D eigenvalue weighted by atomic mass is 16.6. The van der Waals surface area contributed by atoms with Gasteiger partial charge in [0.2, 0.25) is 0 Å². The zero-order chi connectivity index (χ0) is 17.5. The number of carbonyl (C=O) groups is 1. The van der Waals surface area contributed by atoms with Gasteiger partial charge in [-0.2, -0.15) is 0 Å². The molecular formula is C19H18N2O4. The number of hydrogen-bond donors (Lipinski definition) is 1. The van der Waals surface area contributed by atoms with E-state index >= 15 is 0 Å². The van der Waals surface area contributed by atoms with Crippen molar-refractivity contribution in [1.29, 1.82) is 0 Å². The molecule has 0 unspecified atom stereocenters. The van der Waals surface area contributed by atoms with Gasteiger partial charge in [0.25, 0.3) is 11.9 Å². The summed E-state index contributed by atoms with van der Waals surface area (Å²) < 4.78 is 16.2. The van der Waals surface area contributed by atoms with E-state index in [2.05, 4.69) is 10.3 Å². The Kier molecular flexibility index (Phi) is 5.43. The summed E-state index contributed by atoms with van der Waals surface area (Å²) in [6.07, 6.45) is 1.67. The molecule has 0 saturated carbocycles. The molecule has 0 bridgehead atoms. The minimum absolute atomic E-state index is 0.156. The van der Waals surface area contributed by atoms with Crippen LogP contribution in [0.5, 0.6) is 11.7 Å². The van der Waals surface area contributed by atoms with Crippen molar-refractivity contribution in [2.24, 2.45) is 0 Å². The van der Waals surface area contributed by atoms with Gasteiger partial charge in [-0.1, -0.05) is 24.3 Å². The molecule has 3 rings (SSSR count). The molecule has 6 heteroatoms. The molecule has 3 aromatic rings. The van der Waals surface area contributed by atoms with Gasteiger partial charge in [0, 0.05) is 19.4 Å². The molecular weight excluding hydrogens is 320 g/mol. The van der Waals surface area contributed by atoms with E-state index in [1.165, 1.54) is 0 Å². The number of aromatic nitrogens is 1. The first kappa shape index (κ1) is 16.7. The molecule has 0 aliphatic carbocycles. The number of amides is 1. The summed E-state index contributed by atoms with van der Waals surface area (Å²) in [6.45, 7) is 0.302. The molecule has 6 nitrogen and oxygen atoms in total. The highest BCUT2D eigenvalue weighted by Crippen LogP contribution is 2.23. The number of benzene rings is 1. The first-order chi connectivity index (χ1) is 12.3. The van der Waals surface area contributed by atoms with E-state index in [1.54, 1.807) is 37.6 Å². The van der Waals surface area contributed by atoms with Gasteiger partial charge in [-0.3, -0.25) is 9.78 Å². The van der Waals surface area contributed by atoms with Crippen molar-refractivity contribution in [2.45, 2.75) is 6.04 Å². The van der Waals surface area contributed by atoms with Crippen LogP contribution in [0, 0.1) is 0 Å². The summed E-state index contributed by atoms with van der Waals surface area (Å²) in [6, 6.07) is 17.5. The van der Waals surface area contributed by atoms with Crippen molar-refractivity contribution < 1.29 is 18.7 Å². The first-order valence-electron chi connectivity index (χ1n) is 7.79. The Morgan fingerprint density at radius 3 is 2.64 bits per heavy atom. The average molecular weight is 338 g/mol. The Morgan fingerprint density at radius 2 is 1.92 bits per heavy atom. The van der Waals surface area contributed by atoms with Crippen LogP contribution in [0.15, 0.2) is 71.3 Å². The second kappa shape index (κ2) is 8.12. The van der Waals surface area contributed by atoms with E-state index in [0.717, 1.165) is 0 Å². The van der Waals surface area contributed by atoms with Gasteiger partial charge in [0.05, 0.1) is 18.3 Å². The predicted octanol–water partition coefficient (Wildman–Crippen LogP) is 3.58. The smallest absolute Gasteiger partial charge is 0.290 e. The monoisotopic (exact) mass is 338 g/mol. The van der Waals surface area contributed by atoms with Gasteiger partial charge in [-0.05, 0) is 30.3 Å². The lowest BCUT2D eigenvalue weighted by atomic mass is 10.2. The van der Waals surface area contributed by atoms with Crippen LogP contribution in [0.1, 0.15) is 22.3 Å². The van der Waals surface area contributed by atoms with E-state index < -0.39 is 0 Å². The summed E-state index contributed by atoms with van der Waals surface area (Å²) in [4.78, 5) is 16.7. The maximum atomic E-state index is 12.4. The van der Waals surface area contributed by atoms with E-state index in [9.17, 15) is 4.79 Å². The van der Waals surface area contributed by atoms with Crippen molar-refractivity contribution in [3.63, 3.8) is 0 Å². The van der Waals surface area contributed by atoms with Crippen LogP contribution in [0.2, 0.25) is 0 Å². The van der Waals surface area contributed by atoms with Gasteiger partial charge in [-0.15, -0.1) is 0 Å². The number of hydrogen-bond acceptors (Lipinski definition) is 5. The molecule has 128 valence electrons. The molecule has 2 heterocycles. The van der Waals surface area contributed by atoms with Gasteiger partial charge in [0.1, 0.15) is 5.75 Å². The Bertz CT molecular complexity index is 803. The van der Waals surface area contributed by atoms with E-state index in [0.29, 0.717) is 18.1 Å². The molecule has 0 spiro atoms. The van der Waals surface area contributed by atoms with Gasteiger partial charge < -0.3 is 19.2 Å². The fraction of sp³-hybridized carbons (Fsp3) is 0.158. The van der Waals surface area contributed by atoms with Crippen molar-refractivity contribution in [3.8, 4) is 11.7 Å². The lowest BCUT2D eigenvalue weighted by Crippen LogP contribution is -2.31. The van der Waals surface area contributed by atoms with Crippen molar-refractivity contribution in [1.82, 2.24) is 10.3 Å². The fourth-order valence-electron chi connectivity index (χ4n) is 2.28. The van der Waals surface area contributed by atoms with Crippen LogP contribution in [0.4, 0.5) is 0 Å². The highest BCUT2D eigenvalue weighted by Gasteiger charge is 2.19. The molecule has 0 radical (unpaired) electrons. The number of nitrogens with one attached hydrogen (secondary N) is 1. The van der Waals surface area contributed by atoms with Gasteiger partial charge in [0.15, 0.2) is 5.76 Å². The van der Waals surface area contributed by atoms with Crippen LogP contribution >= 0.6 is 0 Å². The molecule has 0 saturated heterocycles. The summed E-state index contributed by atoms with van der Waals surface area (Å²) >= 11 is 0. The SMILES string of the molecule is COC[C@H](NC(=O)c1ccc(Oc2ccccc2)o1)c1ccccn1. The third-order valence-corrected chi connectivity index (χ3v) is 3.45. The second-order valence-corrected chi connectivity index (χ2v) is 5.27. The second-order valence-electron chi connectivity index (χ2n) is 5.27. The summed E-state index contributed by atoms with van der Waals surface area (Å²) in [5, 5.41) is 2.85. The standard InChI is InChI=1S/C19H18N2O4/c1-23-13-16(15-9-5-6-12-20-15)21-19(22)17-10-11-18(25-17)24-14-7-3-2-4-8-14/h2-12,16H,13H2,1H3,(H,21,22)/t16-/m0/s1. The average Bonchev–Trinajstić information content (AvgIpc) is 3.11. The lowest BCUT2D eigenvalue weighted by Gasteiger charge is -2.16. The summed E-state index contributed by atoms with van der Waals surface area (Å²) in [7, 11) is 1.57. The Labute approximate surface area is 145 Å². The Balaban J connectivity index is 1.68. The number of furan rings is 1. The number of nitrogens with zero attached hydrogens (tertiary/aromatic N) is 1. The van der Waals surface area contributed by atoms with Gasteiger partial charge in [-0.25, -0.2) is 0 Å². The molecule has 1 aromatic carbocycles. The number of carbonyl (C=O) groups excluding carboxylic acids is 1. The predicted molar refractivity (Wildman–Crippen MR) is 91.5 cm³/mol. The normalized spacial score (nSPS) is 11.7. The maximum absolute atomic E-state index is 12.4. The lowest BCUT2D eigenvalue weighted by molar-refractivity contribution is 0.0862. The first-order valence-corrected chi connectivity index (χ1v) is 7.79. The molecule has 0 fully saturated rings. The van der Waals surface area contributed by atoms with Gasteiger partial charge >= 0.3 is 0 Å². The fourth-order valence-corrected chi connectivity index (χ4v) is 2.28. The zero-order valence-electron chi connectivity index (χ0n) is 13.7. The third kappa shape index (κ3) is 4.45. The minimum Gasteiger partial charge on any atom is -0.426 e. The van der Waals surface area contributed by atoms with Crippen molar-refractivity contribution >= 4 is 5.91 Å². The summed E-state index contributed by atoms with van der Waals surface area (Å²) in [5.41, 5.74) is 0.713. The van der Waals surface area contributed by atoms with Crippen LogP contribution in [0.3, 0.4) is 0 Å². The number of pyridine rings is 1. The molecule has 2 aromatic heterocycles. The Morgan fingerprint density at radius 1 is 1.12 bits per heavy atom. The molecule has 1 N–H and O–H groups in total. The van der Waals surface area contributed by atoms with Crippen LogP contribution < -0.4 is 10.1 Å². The van der Waals surface area contributed by atoms with Crippen molar-refractivity contribution in [3.05, 3.63) is 78.3 Å². The largest absolute Gasteiger partial charge is 0.426 e. The van der Waals surface area contributed by atoms with Crippen LogP contribution in [0.25, 0.3) is 0 Å². The third-order valence-electron chi connectivity index (χ3n) is 3.45. The zero-order valence-corrected chi connectivity index (χ0v) is 13.7. The van der Waals surface area contributed by atoms with E-state index in [1.807, 2.05) is 36.4 Å². The van der Waals surface area contributed by atoms with Crippen molar-refractivity contribution in [2.75, 3.05) is 13.7 Å². The van der Waals surface area contributed by atoms with Crippen LogP contribution in [-0.4, -0.2) is 24.6 Å². The Hall–Kier alpha value is -3.12. The van der Waals surface area contributed by atoms with E-state index in [-0.39, 0.29) is 23.7 Å². The minimum atomic E-state index is -0.373. The molecule has 0 aliphatic heterocycles.